The molecule has 0 fully saturated rings. The van der Waals surface area contributed by atoms with E-state index in [0.29, 0.717) is 0 Å². The average Bonchev–Trinajstić information content (AvgIpc) is 2.15. The Kier molecular flexibility index (Phi) is 4.70. The van der Waals surface area contributed by atoms with Crippen molar-refractivity contribution in [3.05, 3.63) is 39.9 Å². The SMILES string of the molecule is Cl.N[C@@H](c1ccc([N+](=O)[O-])cc1)C(F)(F)F. The van der Waals surface area contributed by atoms with Crippen molar-refractivity contribution in [3.63, 3.8) is 0 Å². The molecule has 1 rings (SSSR count). The van der Waals surface area contributed by atoms with Crippen molar-refractivity contribution in [2.24, 2.45) is 5.73 Å². The number of alkyl halides is 3. The van der Waals surface area contributed by atoms with Gasteiger partial charge in [0.15, 0.2) is 0 Å². The van der Waals surface area contributed by atoms with Gasteiger partial charge in [0.2, 0.25) is 0 Å². The highest BCUT2D eigenvalue weighted by molar-refractivity contribution is 5.85. The van der Waals surface area contributed by atoms with E-state index >= 15 is 0 Å². The fourth-order valence-electron chi connectivity index (χ4n) is 0.992. The molecule has 0 aromatic heterocycles. The molecule has 90 valence electrons. The molecular formula is C8H8ClF3N2O2. The summed E-state index contributed by atoms with van der Waals surface area (Å²) in [5.74, 6) is 0. The van der Waals surface area contributed by atoms with Gasteiger partial charge >= 0.3 is 6.18 Å². The predicted molar refractivity (Wildman–Crippen MR) is 53.3 cm³/mol. The second kappa shape index (κ2) is 5.13. The minimum Gasteiger partial charge on any atom is -0.316 e. The second-order valence-corrected chi connectivity index (χ2v) is 2.87. The van der Waals surface area contributed by atoms with Crippen LogP contribution in [0.1, 0.15) is 11.6 Å². The standard InChI is InChI=1S/C8H7F3N2O2.ClH/c9-8(10,11)7(12)5-1-3-6(4-2-5)13(14)15;/h1-4,7H,12H2;1H/t7-;/m0./s1. The van der Waals surface area contributed by atoms with Crippen molar-refractivity contribution in [3.8, 4) is 0 Å². The fourth-order valence-corrected chi connectivity index (χ4v) is 0.992. The summed E-state index contributed by atoms with van der Waals surface area (Å²) < 4.78 is 36.4. The molecule has 0 aliphatic rings. The lowest BCUT2D eigenvalue weighted by Gasteiger charge is -2.15. The van der Waals surface area contributed by atoms with Gasteiger partial charge in [-0.3, -0.25) is 10.1 Å². The molecule has 4 nitrogen and oxygen atoms in total. The van der Waals surface area contributed by atoms with Crippen LogP contribution in [-0.2, 0) is 0 Å². The van der Waals surface area contributed by atoms with Gasteiger partial charge in [-0.1, -0.05) is 12.1 Å². The summed E-state index contributed by atoms with van der Waals surface area (Å²) in [4.78, 5) is 9.54. The van der Waals surface area contributed by atoms with Crippen LogP contribution in [0.3, 0.4) is 0 Å². The number of non-ortho nitro benzene ring substituents is 1. The van der Waals surface area contributed by atoms with Crippen molar-refractivity contribution in [1.82, 2.24) is 0 Å². The van der Waals surface area contributed by atoms with Gasteiger partial charge in [-0.25, -0.2) is 0 Å². The highest BCUT2D eigenvalue weighted by Crippen LogP contribution is 2.30. The van der Waals surface area contributed by atoms with Gasteiger partial charge in [0.1, 0.15) is 6.04 Å². The molecule has 0 unspecified atom stereocenters. The topological polar surface area (TPSA) is 69.2 Å². The monoisotopic (exact) mass is 256 g/mol. The molecule has 0 saturated carbocycles. The molecule has 8 heteroatoms. The van der Waals surface area contributed by atoms with E-state index in [1.807, 2.05) is 0 Å². The first-order chi connectivity index (χ1) is 6.82. The number of nitrogens with zero attached hydrogens (tertiary/aromatic N) is 1. The van der Waals surface area contributed by atoms with Gasteiger partial charge in [-0.2, -0.15) is 13.2 Å². The molecule has 0 radical (unpaired) electrons. The first-order valence-electron chi connectivity index (χ1n) is 3.89. The molecule has 0 aliphatic heterocycles. The van der Waals surface area contributed by atoms with Crippen LogP contribution in [0, 0.1) is 10.1 Å². The largest absolute Gasteiger partial charge is 0.407 e. The smallest absolute Gasteiger partial charge is 0.316 e. The highest BCUT2D eigenvalue weighted by Gasteiger charge is 2.37. The Morgan fingerprint density at radius 2 is 1.69 bits per heavy atom. The van der Waals surface area contributed by atoms with Crippen molar-refractivity contribution in [2.45, 2.75) is 12.2 Å². The molecule has 0 spiro atoms. The lowest BCUT2D eigenvalue weighted by Crippen LogP contribution is -2.28. The first-order valence-corrected chi connectivity index (χ1v) is 3.89. The Hall–Kier alpha value is -1.34. The summed E-state index contributed by atoms with van der Waals surface area (Å²) in [6, 6.07) is 1.85. The maximum Gasteiger partial charge on any atom is 0.407 e. The lowest BCUT2D eigenvalue weighted by atomic mass is 10.1. The van der Waals surface area contributed by atoms with Crippen LogP contribution in [0.2, 0.25) is 0 Å². The maximum atomic E-state index is 12.1. The van der Waals surface area contributed by atoms with Crippen LogP contribution in [0.5, 0.6) is 0 Å². The van der Waals surface area contributed by atoms with Crippen molar-refractivity contribution >= 4 is 18.1 Å². The van der Waals surface area contributed by atoms with Crippen LogP contribution in [-0.4, -0.2) is 11.1 Å². The number of nitrogens with two attached hydrogens (primary N) is 1. The van der Waals surface area contributed by atoms with Crippen LogP contribution in [0.15, 0.2) is 24.3 Å². The average molecular weight is 257 g/mol. The zero-order valence-corrected chi connectivity index (χ0v) is 8.59. The molecule has 2 N–H and O–H groups in total. The van der Waals surface area contributed by atoms with E-state index in [0.717, 1.165) is 24.3 Å². The minimum atomic E-state index is -4.55. The molecule has 16 heavy (non-hydrogen) atoms. The Morgan fingerprint density at radius 1 is 1.25 bits per heavy atom. The lowest BCUT2D eigenvalue weighted by molar-refractivity contribution is -0.384. The van der Waals surface area contributed by atoms with E-state index in [1.165, 1.54) is 0 Å². The molecule has 0 bridgehead atoms. The van der Waals surface area contributed by atoms with E-state index < -0.39 is 17.1 Å². The van der Waals surface area contributed by atoms with Crippen LogP contribution < -0.4 is 5.73 Å². The maximum absolute atomic E-state index is 12.1. The van der Waals surface area contributed by atoms with E-state index in [4.69, 9.17) is 5.73 Å². The summed E-state index contributed by atoms with van der Waals surface area (Å²) in [7, 11) is 0. The summed E-state index contributed by atoms with van der Waals surface area (Å²) >= 11 is 0. The highest BCUT2D eigenvalue weighted by atomic mass is 35.5. The third-order valence-corrected chi connectivity index (χ3v) is 1.82. The summed E-state index contributed by atoms with van der Waals surface area (Å²) in [6.07, 6.45) is -4.55. The normalized spacial score (nSPS) is 12.8. The summed E-state index contributed by atoms with van der Waals surface area (Å²) in [5.41, 5.74) is 4.43. The zero-order valence-electron chi connectivity index (χ0n) is 7.77. The fraction of sp³-hybridized carbons (Fsp3) is 0.250. The molecular weight excluding hydrogens is 249 g/mol. The number of hydrogen-bond acceptors (Lipinski definition) is 3. The van der Waals surface area contributed by atoms with Crippen molar-refractivity contribution in [2.75, 3.05) is 0 Å². The minimum absolute atomic E-state index is 0. The molecule has 1 aromatic carbocycles. The number of nitro groups is 1. The molecule has 0 heterocycles. The number of rotatable bonds is 2. The number of benzene rings is 1. The van der Waals surface area contributed by atoms with Gasteiger partial charge in [0.05, 0.1) is 4.92 Å². The van der Waals surface area contributed by atoms with E-state index in [9.17, 15) is 23.3 Å². The molecule has 1 atom stereocenters. The molecule has 0 amide bonds. The van der Waals surface area contributed by atoms with Gasteiger partial charge in [0.25, 0.3) is 5.69 Å². The van der Waals surface area contributed by atoms with Crippen molar-refractivity contribution in [1.29, 1.82) is 0 Å². The van der Waals surface area contributed by atoms with Crippen molar-refractivity contribution < 1.29 is 18.1 Å². The molecule has 1 aromatic rings. The number of halogens is 4. The van der Waals surface area contributed by atoms with E-state index in [-0.39, 0.29) is 23.7 Å². The number of nitro benzene ring substituents is 1. The van der Waals surface area contributed by atoms with Crippen LogP contribution in [0.25, 0.3) is 0 Å². The van der Waals surface area contributed by atoms with E-state index in [2.05, 4.69) is 0 Å². The Balaban J connectivity index is 0.00000225. The first kappa shape index (κ1) is 14.7. The van der Waals surface area contributed by atoms with Crippen LogP contribution >= 0.6 is 12.4 Å². The summed E-state index contributed by atoms with van der Waals surface area (Å²) in [5, 5.41) is 10.2. The zero-order chi connectivity index (χ0) is 11.6. The van der Waals surface area contributed by atoms with Gasteiger partial charge in [-0.15, -0.1) is 12.4 Å². The quantitative estimate of drug-likeness (QED) is 0.653. The van der Waals surface area contributed by atoms with Gasteiger partial charge < -0.3 is 5.73 Å². The Morgan fingerprint density at radius 3 is 2.00 bits per heavy atom. The third kappa shape index (κ3) is 3.35. The summed E-state index contributed by atoms with van der Waals surface area (Å²) in [6.45, 7) is 0. The predicted octanol–water partition coefficient (Wildman–Crippen LogP) is 2.58. The number of hydrogen-bond donors (Lipinski definition) is 1. The van der Waals surface area contributed by atoms with E-state index in [1.54, 1.807) is 0 Å². The molecule has 0 aliphatic carbocycles. The second-order valence-electron chi connectivity index (χ2n) is 2.87. The Bertz CT molecular complexity index is 367. The van der Waals surface area contributed by atoms with Gasteiger partial charge in [0, 0.05) is 12.1 Å². The van der Waals surface area contributed by atoms with Gasteiger partial charge in [-0.05, 0) is 5.56 Å². The third-order valence-electron chi connectivity index (χ3n) is 1.82. The van der Waals surface area contributed by atoms with Crippen LogP contribution in [0.4, 0.5) is 18.9 Å². The Labute approximate surface area is 94.8 Å². The molecule has 0 saturated heterocycles.